The molecule has 0 aliphatic carbocycles. The lowest BCUT2D eigenvalue weighted by molar-refractivity contribution is -0.139. The maximum absolute atomic E-state index is 12.4. The van der Waals surface area contributed by atoms with E-state index >= 15 is 0 Å². The summed E-state index contributed by atoms with van der Waals surface area (Å²) in [7, 11) is 0. The van der Waals surface area contributed by atoms with Crippen LogP contribution in [0.2, 0.25) is 0 Å². The van der Waals surface area contributed by atoms with Gasteiger partial charge in [-0.25, -0.2) is 0 Å². The molecule has 1 atom stereocenters. The van der Waals surface area contributed by atoms with E-state index < -0.39 is 11.9 Å². The highest BCUT2D eigenvalue weighted by atomic mass is 16.4. The number of nitrogens with zero attached hydrogens (tertiary/aromatic N) is 1. The van der Waals surface area contributed by atoms with Crippen molar-refractivity contribution in [2.24, 2.45) is 5.41 Å². The summed E-state index contributed by atoms with van der Waals surface area (Å²) < 4.78 is 0. The van der Waals surface area contributed by atoms with Crippen LogP contribution in [0, 0.1) is 5.41 Å². The van der Waals surface area contributed by atoms with E-state index in [-0.39, 0.29) is 11.3 Å². The number of anilines is 1. The van der Waals surface area contributed by atoms with Crippen LogP contribution < -0.4 is 4.90 Å². The zero-order chi connectivity index (χ0) is 14.9. The molecule has 1 heterocycles. The van der Waals surface area contributed by atoms with Gasteiger partial charge in [0.1, 0.15) is 0 Å². The first-order valence-electron chi connectivity index (χ1n) is 6.92. The van der Waals surface area contributed by atoms with Crippen molar-refractivity contribution in [1.82, 2.24) is 0 Å². The molecule has 0 radical (unpaired) electrons. The molecule has 0 saturated heterocycles. The summed E-state index contributed by atoms with van der Waals surface area (Å²) in [5.74, 6) is -1.26. The van der Waals surface area contributed by atoms with Crippen LogP contribution >= 0.6 is 0 Å². The predicted octanol–water partition coefficient (Wildman–Crippen LogP) is 3.03. The fraction of sp³-hybridized carbons (Fsp3) is 0.500. The molecule has 108 valence electrons. The van der Waals surface area contributed by atoms with Gasteiger partial charge in [0.25, 0.3) is 0 Å². The lowest BCUT2D eigenvalue weighted by atomic mass is 9.87. The van der Waals surface area contributed by atoms with E-state index in [0.29, 0.717) is 19.4 Å². The van der Waals surface area contributed by atoms with Crippen LogP contribution in [0.5, 0.6) is 0 Å². The van der Waals surface area contributed by atoms with Crippen LogP contribution in [-0.2, 0) is 9.59 Å². The van der Waals surface area contributed by atoms with Crippen molar-refractivity contribution in [3.8, 4) is 0 Å². The van der Waals surface area contributed by atoms with Crippen molar-refractivity contribution in [2.75, 3.05) is 11.4 Å². The van der Waals surface area contributed by atoms with E-state index in [1.54, 1.807) is 4.90 Å². The van der Waals surface area contributed by atoms with Gasteiger partial charge in [0.15, 0.2) is 0 Å². The maximum atomic E-state index is 12.4. The molecule has 1 aromatic carbocycles. The number of amides is 1. The first-order valence-corrected chi connectivity index (χ1v) is 6.92. The number of carboxylic acids is 1. The fourth-order valence-electron chi connectivity index (χ4n) is 2.63. The zero-order valence-corrected chi connectivity index (χ0v) is 12.2. The number of hydrogen-bond acceptors (Lipinski definition) is 2. The van der Waals surface area contributed by atoms with Gasteiger partial charge in [-0.3, -0.25) is 9.59 Å². The van der Waals surface area contributed by atoms with Gasteiger partial charge in [-0.15, -0.1) is 0 Å². The largest absolute Gasteiger partial charge is 0.481 e. The minimum absolute atomic E-state index is 0.0637. The summed E-state index contributed by atoms with van der Waals surface area (Å²) in [6.07, 6.45) is 0.932. The minimum Gasteiger partial charge on any atom is -0.481 e. The Labute approximate surface area is 119 Å². The predicted molar refractivity (Wildman–Crippen MR) is 77.9 cm³/mol. The Bertz CT molecular complexity index is 531. The molecule has 1 aliphatic heterocycles. The van der Waals surface area contributed by atoms with Crippen LogP contribution in [0.1, 0.15) is 45.1 Å². The van der Waals surface area contributed by atoms with Gasteiger partial charge in [-0.1, -0.05) is 39.0 Å². The number of benzene rings is 1. The summed E-state index contributed by atoms with van der Waals surface area (Å²) >= 11 is 0. The third kappa shape index (κ3) is 3.00. The summed E-state index contributed by atoms with van der Waals surface area (Å²) in [6, 6.07) is 7.32. The average Bonchev–Trinajstić information content (AvgIpc) is 2.35. The second-order valence-electron chi connectivity index (χ2n) is 6.52. The van der Waals surface area contributed by atoms with Gasteiger partial charge in [0.05, 0.1) is 5.92 Å². The van der Waals surface area contributed by atoms with E-state index in [1.165, 1.54) is 0 Å². The molecule has 0 saturated carbocycles. The quantitative estimate of drug-likeness (QED) is 0.902. The van der Waals surface area contributed by atoms with Crippen LogP contribution in [0.15, 0.2) is 24.3 Å². The Balaban J connectivity index is 2.32. The summed E-state index contributed by atoms with van der Waals surface area (Å²) in [4.78, 5) is 25.5. The summed E-state index contributed by atoms with van der Waals surface area (Å²) in [5, 5.41) is 9.29. The summed E-state index contributed by atoms with van der Waals surface area (Å²) in [5.41, 5.74) is 1.42. The third-order valence-corrected chi connectivity index (χ3v) is 3.53. The zero-order valence-electron chi connectivity index (χ0n) is 12.2. The molecule has 1 amide bonds. The SMILES string of the molecule is CC(C)(C)CC(=O)N1CCC(C(=O)O)c2ccccc21. The highest BCUT2D eigenvalue weighted by molar-refractivity contribution is 5.96. The number of para-hydroxylation sites is 1. The Morgan fingerprint density at radius 2 is 1.95 bits per heavy atom. The number of carbonyl (C=O) groups excluding carboxylic acids is 1. The molecule has 0 aromatic heterocycles. The monoisotopic (exact) mass is 275 g/mol. The second-order valence-corrected chi connectivity index (χ2v) is 6.52. The Morgan fingerprint density at radius 3 is 2.55 bits per heavy atom. The molecule has 1 N–H and O–H groups in total. The van der Waals surface area contributed by atoms with Crippen molar-refractivity contribution >= 4 is 17.6 Å². The number of carboxylic acid groups (broad SMARTS) is 1. The standard InChI is InChI=1S/C16H21NO3/c1-16(2,3)10-14(18)17-9-8-12(15(19)20)11-6-4-5-7-13(11)17/h4-7,12H,8-10H2,1-3H3,(H,19,20). The average molecular weight is 275 g/mol. The number of aliphatic carboxylic acids is 1. The molecule has 4 heteroatoms. The molecule has 1 unspecified atom stereocenters. The maximum Gasteiger partial charge on any atom is 0.311 e. The van der Waals surface area contributed by atoms with E-state index in [9.17, 15) is 14.7 Å². The Hall–Kier alpha value is -1.84. The van der Waals surface area contributed by atoms with E-state index in [4.69, 9.17) is 0 Å². The highest BCUT2D eigenvalue weighted by Gasteiger charge is 2.33. The lowest BCUT2D eigenvalue weighted by Crippen LogP contribution is -2.39. The molecule has 4 nitrogen and oxygen atoms in total. The van der Waals surface area contributed by atoms with Gasteiger partial charge in [0, 0.05) is 18.7 Å². The normalized spacial score (nSPS) is 18.6. The van der Waals surface area contributed by atoms with Crippen LogP contribution in [0.25, 0.3) is 0 Å². The Kier molecular flexibility index (Phi) is 3.84. The second kappa shape index (κ2) is 5.27. The number of carbonyl (C=O) groups is 2. The van der Waals surface area contributed by atoms with Gasteiger partial charge >= 0.3 is 5.97 Å². The first-order chi connectivity index (χ1) is 9.29. The molecule has 2 rings (SSSR count). The number of hydrogen-bond donors (Lipinski definition) is 1. The molecule has 1 aromatic rings. The lowest BCUT2D eigenvalue weighted by Gasteiger charge is -2.34. The van der Waals surface area contributed by atoms with Crippen molar-refractivity contribution in [2.45, 2.75) is 39.5 Å². The van der Waals surface area contributed by atoms with Crippen LogP contribution in [0.4, 0.5) is 5.69 Å². The molecule has 20 heavy (non-hydrogen) atoms. The molecule has 0 spiro atoms. The minimum atomic E-state index is -0.819. The molecule has 0 fully saturated rings. The Morgan fingerprint density at radius 1 is 1.30 bits per heavy atom. The van der Waals surface area contributed by atoms with E-state index in [2.05, 4.69) is 0 Å². The number of fused-ring (bicyclic) bond motifs is 1. The van der Waals surface area contributed by atoms with Gasteiger partial charge in [-0.2, -0.15) is 0 Å². The first kappa shape index (κ1) is 14.6. The third-order valence-electron chi connectivity index (χ3n) is 3.53. The van der Waals surface area contributed by atoms with Gasteiger partial charge in [0.2, 0.25) is 5.91 Å². The fourth-order valence-corrected chi connectivity index (χ4v) is 2.63. The van der Waals surface area contributed by atoms with Gasteiger partial charge < -0.3 is 10.0 Å². The number of rotatable bonds is 2. The van der Waals surface area contributed by atoms with Crippen molar-refractivity contribution in [3.63, 3.8) is 0 Å². The van der Waals surface area contributed by atoms with Crippen LogP contribution in [-0.4, -0.2) is 23.5 Å². The molecule has 0 bridgehead atoms. The summed E-state index contributed by atoms with van der Waals surface area (Å²) in [6.45, 7) is 6.56. The van der Waals surface area contributed by atoms with Crippen molar-refractivity contribution in [1.29, 1.82) is 0 Å². The molecular formula is C16H21NO3. The van der Waals surface area contributed by atoms with Gasteiger partial charge in [-0.05, 0) is 23.5 Å². The highest BCUT2D eigenvalue weighted by Crippen LogP contribution is 2.36. The topological polar surface area (TPSA) is 57.6 Å². The molecule has 1 aliphatic rings. The van der Waals surface area contributed by atoms with E-state index in [0.717, 1.165) is 11.3 Å². The van der Waals surface area contributed by atoms with E-state index in [1.807, 2.05) is 45.0 Å². The molecular weight excluding hydrogens is 254 g/mol. The van der Waals surface area contributed by atoms with Crippen molar-refractivity contribution < 1.29 is 14.7 Å². The smallest absolute Gasteiger partial charge is 0.311 e. The van der Waals surface area contributed by atoms with Crippen molar-refractivity contribution in [3.05, 3.63) is 29.8 Å². The van der Waals surface area contributed by atoms with Crippen LogP contribution in [0.3, 0.4) is 0 Å².